The van der Waals surface area contributed by atoms with Crippen LogP contribution in [0.15, 0.2) is 36.0 Å². The van der Waals surface area contributed by atoms with Crippen LogP contribution in [0, 0.1) is 18.8 Å². The summed E-state index contributed by atoms with van der Waals surface area (Å²) in [5.74, 6) is -1.33. The van der Waals surface area contributed by atoms with E-state index in [-0.39, 0.29) is 11.7 Å². The number of methoxy groups -OCH3 is 1. The van der Waals surface area contributed by atoms with Gasteiger partial charge in [-0.1, -0.05) is 36.8 Å². The summed E-state index contributed by atoms with van der Waals surface area (Å²) < 4.78 is 4.70. The lowest BCUT2D eigenvalue weighted by atomic mass is 9.82. The molecule has 0 spiro atoms. The molecule has 21 heavy (non-hydrogen) atoms. The standard InChI is InChI=1S/C17H21NO3/c1-11-4-6-13(7-5-11)10-18-14-8-12(2)16(15(19)9-14)17(20)21-3/h4-7,9,12,16,18H,8,10H2,1-3H3. The smallest absolute Gasteiger partial charge is 0.316 e. The first-order valence-corrected chi connectivity index (χ1v) is 7.13. The van der Waals surface area contributed by atoms with Crippen LogP contribution in [0.25, 0.3) is 0 Å². The molecule has 0 amide bonds. The molecular formula is C17H21NO3. The highest BCUT2D eigenvalue weighted by atomic mass is 16.5. The van der Waals surface area contributed by atoms with Crippen molar-refractivity contribution >= 4 is 11.8 Å². The summed E-state index contributed by atoms with van der Waals surface area (Å²) in [6.07, 6.45) is 2.22. The second-order valence-corrected chi connectivity index (χ2v) is 5.59. The van der Waals surface area contributed by atoms with Gasteiger partial charge in [0.15, 0.2) is 5.78 Å². The van der Waals surface area contributed by atoms with Gasteiger partial charge in [0.05, 0.1) is 7.11 Å². The van der Waals surface area contributed by atoms with Crippen molar-refractivity contribution in [2.45, 2.75) is 26.8 Å². The zero-order valence-corrected chi connectivity index (χ0v) is 12.7. The van der Waals surface area contributed by atoms with Crippen LogP contribution in [0.4, 0.5) is 0 Å². The first kappa shape index (κ1) is 15.3. The molecule has 4 nitrogen and oxygen atoms in total. The van der Waals surface area contributed by atoms with Crippen LogP contribution in [0.5, 0.6) is 0 Å². The summed E-state index contributed by atoms with van der Waals surface area (Å²) in [5, 5.41) is 3.28. The molecule has 0 radical (unpaired) electrons. The van der Waals surface area contributed by atoms with Gasteiger partial charge < -0.3 is 10.1 Å². The fourth-order valence-electron chi connectivity index (χ4n) is 2.59. The van der Waals surface area contributed by atoms with Crippen LogP contribution in [-0.2, 0) is 20.9 Å². The molecule has 0 saturated heterocycles. The van der Waals surface area contributed by atoms with E-state index in [4.69, 9.17) is 4.74 Å². The highest BCUT2D eigenvalue weighted by Gasteiger charge is 2.35. The molecule has 0 saturated carbocycles. The number of nitrogens with one attached hydrogen (secondary N) is 1. The zero-order valence-electron chi connectivity index (χ0n) is 12.7. The van der Waals surface area contributed by atoms with E-state index in [1.54, 1.807) is 0 Å². The first-order chi connectivity index (χ1) is 10.0. The van der Waals surface area contributed by atoms with Crippen LogP contribution in [0.1, 0.15) is 24.5 Å². The van der Waals surface area contributed by atoms with Gasteiger partial charge in [0, 0.05) is 18.3 Å². The summed E-state index contributed by atoms with van der Waals surface area (Å²) >= 11 is 0. The van der Waals surface area contributed by atoms with Crippen molar-refractivity contribution in [1.29, 1.82) is 0 Å². The Bertz CT molecular complexity index is 560. The van der Waals surface area contributed by atoms with Gasteiger partial charge in [-0.15, -0.1) is 0 Å². The number of hydrogen-bond acceptors (Lipinski definition) is 4. The van der Waals surface area contributed by atoms with Gasteiger partial charge >= 0.3 is 5.97 Å². The van der Waals surface area contributed by atoms with E-state index in [0.717, 1.165) is 11.3 Å². The Labute approximate surface area is 125 Å². The fourth-order valence-corrected chi connectivity index (χ4v) is 2.59. The minimum Gasteiger partial charge on any atom is -0.468 e. The molecule has 1 aromatic carbocycles. The Morgan fingerprint density at radius 2 is 2.00 bits per heavy atom. The number of rotatable bonds is 4. The molecule has 0 heterocycles. The predicted octanol–water partition coefficient (Wildman–Crippen LogP) is 2.37. The van der Waals surface area contributed by atoms with Crippen LogP contribution in [0.3, 0.4) is 0 Å². The number of benzene rings is 1. The number of esters is 1. The molecule has 0 aliphatic heterocycles. The van der Waals surface area contributed by atoms with Crippen LogP contribution in [-0.4, -0.2) is 18.9 Å². The third-order valence-electron chi connectivity index (χ3n) is 3.83. The number of aryl methyl sites for hydroxylation is 1. The van der Waals surface area contributed by atoms with Crippen molar-refractivity contribution in [1.82, 2.24) is 5.32 Å². The summed E-state index contributed by atoms with van der Waals surface area (Å²) in [6, 6.07) is 8.25. The van der Waals surface area contributed by atoms with Gasteiger partial charge in [-0.25, -0.2) is 0 Å². The minimum absolute atomic E-state index is 0.0459. The molecule has 1 aromatic rings. The lowest BCUT2D eigenvalue weighted by Gasteiger charge is -2.26. The highest BCUT2D eigenvalue weighted by molar-refractivity contribution is 6.06. The Balaban J connectivity index is 2.00. The fraction of sp³-hybridized carbons (Fsp3) is 0.412. The normalized spacial score (nSPS) is 21.7. The highest BCUT2D eigenvalue weighted by Crippen LogP contribution is 2.27. The quantitative estimate of drug-likeness (QED) is 0.682. The maximum Gasteiger partial charge on any atom is 0.316 e. The van der Waals surface area contributed by atoms with E-state index in [1.807, 2.05) is 13.8 Å². The second-order valence-electron chi connectivity index (χ2n) is 5.59. The van der Waals surface area contributed by atoms with Gasteiger partial charge in [0.1, 0.15) is 5.92 Å². The number of ketones is 1. The summed E-state index contributed by atoms with van der Waals surface area (Å²) in [5.41, 5.74) is 3.27. The first-order valence-electron chi connectivity index (χ1n) is 7.13. The molecule has 0 fully saturated rings. The molecule has 1 N–H and O–H groups in total. The van der Waals surface area contributed by atoms with Gasteiger partial charge in [0.2, 0.25) is 0 Å². The zero-order chi connectivity index (χ0) is 15.4. The summed E-state index contributed by atoms with van der Waals surface area (Å²) in [4.78, 5) is 23.7. The van der Waals surface area contributed by atoms with Gasteiger partial charge in [-0.3, -0.25) is 9.59 Å². The van der Waals surface area contributed by atoms with Gasteiger partial charge in [-0.05, 0) is 24.8 Å². The number of allylic oxidation sites excluding steroid dienone is 2. The maximum atomic E-state index is 12.1. The van der Waals surface area contributed by atoms with Crippen molar-refractivity contribution in [3.63, 3.8) is 0 Å². The van der Waals surface area contributed by atoms with Crippen LogP contribution < -0.4 is 5.32 Å². The van der Waals surface area contributed by atoms with Gasteiger partial charge in [0.25, 0.3) is 0 Å². The number of ether oxygens (including phenoxy) is 1. The number of hydrogen-bond donors (Lipinski definition) is 1. The molecule has 4 heteroatoms. The largest absolute Gasteiger partial charge is 0.468 e. The SMILES string of the molecule is COC(=O)C1C(=O)C=C(NCc2ccc(C)cc2)CC1C. The predicted molar refractivity (Wildman–Crippen MR) is 80.4 cm³/mol. The molecule has 2 unspecified atom stereocenters. The van der Waals surface area contributed by atoms with E-state index in [1.165, 1.54) is 18.7 Å². The summed E-state index contributed by atoms with van der Waals surface area (Å²) in [6.45, 7) is 4.63. The third-order valence-corrected chi connectivity index (χ3v) is 3.83. The van der Waals surface area contributed by atoms with Crippen molar-refractivity contribution in [3.8, 4) is 0 Å². The van der Waals surface area contributed by atoms with E-state index >= 15 is 0 Å². The van der Waals surface area contributed by atoms with Crippen molar-refractivity contribution in [3.05, 3.63) is 47.2 Å². The van der Waals surface area contributed by atoms with E-state index in [9.17, 15) is 9.59 Å². The second kappa shape index (κ2) is 6.57. The van der Waals surface area contributed by atoms with E-state index < -0.39 is 11.9 Å². The summed E-state index contributed by atoms with van der Waals surface area (Å²) in [7, 11) is 1.32. The minimum atomic E-state index is -0.667. The lowest BCUT2D eigenvalue weighted by Crippen LogP contribution is -2.35. The van der Waals surface area contributed by atoms with Crippen LogP contribution >= 0.6 is 0 Å². The molecule has 1 aliphatic carbocycles. The Morgan fingerprint density at radius 1 is 1.33 bits per heavy atom. The topological polar surface area (TPSA) is 55.4 Å². The maximum absolute atomic E-state index is 12.1. The Hall–Kier alpha value is -2.10. The van der Waals surface area contributed by atoms with Crippen molar-refractivity contribution in [2.75, 3.05) is 7.11 Å². The van der Waals surface area contributed by atoms with Crippen molar-refractivity contribution < 1.29 is 14.3 Å². The Kier molecular flexibility index (Phi) is 4.78. The average Bonchev–Trinajstić information content (AvgIpc) is 2.45. The van der Waals surface area contributed by atoms with E-state index in [0.29, 0.717) is 13.0 Å². The third kappa shape index (κ3) is 3.72. The molecular weight excluding hydrogens is 266 g/mol. The van der Waals surface area contributed by atoms with Crippen LogP contribution in [0.2, 0.25) is 0 Å². The molecule has 0 bridgehead atoms. The number of carbonyl (C=O) groups is 2. The monoisotopic (exact) mass is 287 g/mol. The molecule has 0 aromatic heterocycles. The molecule has 112 valence electrons. The Morgan fingerprint density at radius 3 is 2.57 bits per heavy atom. The van der Waals surface area contributed by atoms with Gasteiger partial charge in [-0.2, -0.15) is 0 Å². The molecule has 2 rings (SSSR count). The molecule has 1 aliphatic rings. The average molecular weight is 287 g/mol. The number of carbonyl (C=O) groups excluding carboxylic acids is 2. The molecule has 2 atom stereocenters. The lowest BCUT2D eigenvalue weighted by molar-refractivity contribution is -0.150. The van der Waals surface area contributed by atoms with Crippen molar-refractivity contribution in [2.24, 2.45) is 11.8 Å². The van der Waals surface area contributed by atoms with E-state index in [2.05, 4.69) is 29.6 Å².